The number of hydrogen-bond donors (Lipinski definition) is 1. The van der Waals surface area contributed by atoms with Crippen molar-refractivity contribution in [2.75, 3.05) is 6.54 Å². The highest BCUT2D eigenvalue weighted by Gasteiger charge is 2.16. The van der Waals surface area contributed by atoms with Crippen molar-refractivity contribution in [3.8, 4) is 0 Å². The number of benzene rings is 1. The van der Waals surface area contributed by atoms with Crippen LogP contribution in [0.15, 0.2) is 27.6 Å². The monoisotopic (exact) mass is 325 g/mol. The Balaban J connectivity index is 2.90. The molecule has 0 aliphatic rings. The van der Waals surface area contributed by atoms with E-state index < -0.39 is 10.0 Å². The molecule has 0 unspecified atom stereocenters. The number of nitrogens with one attached hydrogen (secondary N) is 1. The van der Waals surface area contributed by atoms with E-state index >= 15 is 0 Å². The van der Waals surface area contributed by atoms with Crippen molar-refractivity contribution in [3.05, 3.63) is 27.7 Å². The molecule has 0 amide bonds. The third-order valence-electron chi connectivity index (χ3n) is 2.01. The van der Waals surface area contributed by atoms with Crippen LogP contribution in [0, 0.1) is 0 Å². The Morgan fingerprint density at radius 1 is 1.44 bits per heavy atom. The lowest BCUT2D eigenvalue weighted by Gasteiger charge is -2.07. The number of unbranched alkanes of at least 4 members (excludes halogenated alkanes) is 1. The highest BCUT2D eigenvalue weighted by Crippen LogP contribution is 2.24. The molecule has 90 valence electrons. The van der Waals surface area contributed by atoms with Crippen molar-refractivity contribution in [1.82, 2.24) is 4.72 Å². The molecule has 1 aromatic rings. The molecule has 0 heterocycles. The van der Waals surface area contributed by atoms with Gasteiger partial charge in [-0.25, -0.2) is 13.1 Å². The molecule has 0 radical (unpaired) electrons. The van der Waals surface area contributed by atoms with E-state index in [0.29, 0.717) is 6.54 Å². The molecule has 6 heteroatoms. The van der Waals surface area contributed by atoms with E-state index in [9.17, 15) is 8.42 Å². The lowest BCUT2D eigenvalue weighted by molar-refractivity contribution is 0.578. The summed E-state index contributed by atoms with van der Waals surface area (Å²) in [5, 5.41) is 0.221. The van der Waals surface area contributed by atoms with Crippen LogP contribution in [0.25, 0.3) is 0 Å². The SMILES string of the molecule is CCCCNS(=O)(=O)c1ccc(Br)cc1Cl. The molecule has 3 nitrogen and oxygen atoms in total. The van der Waals surface area contributed by atoms with Crippen LogP contribution in [-0.2, 0) is 10.0 Å². The molecule has 1 N–H and O–H groups in total. The zero-order chi connectivity index (χ0) is 12.2. The van der Waals surface area contributed by atoms with E-state index in [1.807, 2.05) is 6.92 Å². The first kappa shape index (κ1) is 14.0. The minimum Gasteiger partial charge on any atom is -0.211 e. The lowest BCUT2D eigenvalue weighted by atomic mass is 10.3. The van der Waals surface area contributed by atoms with Crippen LogP contribution in [0.5, 0.6) is 0 Å². The fourth-order valence-electron chi connectivity index (χ4n) is 1.15. The van der Waals surface area contributed by atoms with Crippen LogP contribution in [0.3, 0.4) is 0 Å². The second-order valence-electron chi connectivity index (χ2n) is 3.33. The van der Waals surface area contributed by atoms with Gasteiger partial charge in [-0.05, 0) is 24.6 Å². The van der Waals surface area contributed by atoms with E-state index in [4.69, 9.17) is 11.6 Å². The summed E-state index contributed by atoms with van der Waals surface area (Å²) < 4.78 is 26.9. The quantitative estimate of drug-likeness (QED) is 0.845. The molecule has 0 saturated heterocycles. The summed E-state index contributed by atoms with van der Waals surface area (Å²) in [6, 6.07) is 4.71. The Morgan fingerprint density at radius 2 is 2.12 bits per heavy atom. The Hall–Kier alpha value is -0.100. The minimum atomic E-state index is -3.48. The smallest absolute Gasteiger partial charge is 0.211 e. The maximum Gasteiger partial charge on any atom is 0.242 e. The van der Waals surface area contributed by atoms with Crippen LogP contribution in [0.2, 0.25) is 5.02 Å². The first-order chi connectivity index (χ1) is 7.47. The molecule has 0 bridgehead atoms. The summed E-state index contributed by atoms with van der Waals surface area (Å²) in [6.45, 7) is 2.44. The van der Waals surface area contributed by atoms with Crippen LogP contribution >= 0.6 is 27.5 Å². The summed E-state index contributed by atoms with van der Waals surface area (Å²) in [5.74, 6) is 0. The molecule has 16 heavy (non-hydrogen) atoms. The summed E-state index contributed by atoms with van der Waals surface area (Å²) in [4.78, 5) is 0.119. The van der Waals surface area contributed by atoms with E-state index in [1.54, 1.807) is 12.1 Å². The lowest BCUT2D eigenvalue weighted by Crippen LogP contribution is -2.24. The van der Waals surface area contributed by atoms with Gasteiger partial charge < -0.3 is 0 Å². The van der Waals surface area contributed by atoms with Crippen LogP contribution in [-0.4, -0.2) is 15.0 Å². The molecule has 0 aliphatic heterocycles. The Labute approximate surface area is 109 Å². The molecule has 0 atom stereocenters. The van der Waals surface area contributed by atoms with Gasteiger partial charge in [-0.3, -0.25) is 0 Å². The van der Waals surface area contributed by atoms with Gasteiger partial charge in [0.1, 0.15) is 4.90 Å². The Morgan fingerprint density at radius 3 is 2.69 bits per heavy atom. The number of rotatable bonds is 5. The van der Waals surface area contributed by atoms with E-state index in [1.165, 1.54) is 6.07 Å². The van der Waals surface area contributed by atoms with Crippen LogP contribution < -0.4 is 4.72 Å². The molecule has 0 spiro atoms. The van der Waals surface area contributed by atoms with Gasteiger partial charge in [0.05, 0.1) is 5.02 Å². The largest absolute Gasteiger partial charge is 0.242 e. The maximum absolute atomic E-state index is 11.8. The van der Waals surface area contributed by atoms with E-state index in [0.717, 1.165) is 17.3 Å². The van der Waals surface area contributed by atoms with Crippen molar-refractivity contribution >= 4 is 37.6 Å². The van der Waals surface area contributed by atoms with E-state index in [2.05, 4.69) is 20.7 Å². The Kier molecular flexibility index (Phi) is 5.24. The van der Waals surface area contributed by atoms with Gasteiger partial charge in [0.15, 0.2) is 0 Å². The van der Waals surface area contributed by atoms with Gasteiger partial charge in [0.25, 0.3) is 0 Å². The van der Waals surface area contributed by atoms with Gasteiger partial charge in [-0.1, -0.05) is 40.9 Å². The predicted octanol–water partition coefficient (Wildman–Crippen LogP) is 3.18. The van der Waals surface area contributed by atoms with Gasteiger partial charge in [0.2, 0.25) is 10.0 Å². The molecule has 1 aromatic carbocycles. The topological polar surface area (TPSA) is 46.2 Å². The molecule has 0 fully saturated rings. The molecular formula is C10H13BrClNO2S. The predicted molar refractivity (Wildman–Crippen MR) is 69.2 cm³/mol. The van der Waals surface area contributed by atoms with E-state index in [-0.39, 0.29) is 9.92 Å². The van der Waals surface area contributed by atoms with Gasteiger partial charge >= 0.3 is 0 Å². The highest BCUT2D eigenvalue weighted by molar-refractivity contribution is 9.10. The normalized spacial score (nSPS) is 11.7. The summed E-state index contributed by atoms with van der Waals surface area (Å²) in [7, 11) is -3.48. The first-order valence-corrected chi connectivity index (χ1v) is 7.57. The summed E-state index contributed by atoms with van der Waals surface area (Å²) in [6.07, 6.45) is 1.75. The van der Waals surface area contributed by atoms with Gasteiger partial charge in [0, 0.05) is 11.0 Å². The third kappa shape index (κ3) is 3.73. The zero-order valence-corrected chi connectivity index (χ0v) is 12.0. The second-order valence-corrected chi connectivity index (χ2v) is 6.38. The van der Waals surface area contributed by atoms with Crippen molar-refractivity contribution in [3.63, 3.8) is 0 Å². The second kappa shape index (κ2) is 6.00. The fraction of sp³-hybridized carbons (Fsp3) is 0.400. The van der Waals surface area contributed by atoms with Crippen molar-refractivity contribution < 1.29 is 8.42 Å². The zero-order valence-electron chi connectivity index (χ0n) is 8.83. The van der Waals surface area contributed by atoms with Crippen LogP contribution in [0.1, 0.15) is 19.8 Å². The van der Waals surface area contributed by atoms with Crippen molar-refractivity contribution in [2.45, 2.75) is 24.7 Å². The average Bonchev–Trinajstić information content (AvgIpc) is 2.17. The molecule has 0 aromatic heterocycles. The number of sulfonamides is 1. The van der Waals surface area contributed by atoms with Gasteiger partial charge in [-0.2, -0.15) is 0 Å². The average molecular weight is 327 g/mol. The Bertz CT molecular complexity index is 462. The van der Waals surface area contributed by atoms with Gasteiger partial charge in [-0.15, -0.1) is 0 Å². The molecular weight excluding hydrogens is 314 g/mol. The number of hydrogen-bond acceptors (Lipinski definition) is 2. The van der Waals surface area contributed by atoms with Crippen molar-refractivity contribution in [2.24, 2.45) is 0 Å². The third-order valence-corrected chi connectivity index (χ3v) is 4.44. The molecule has 1 rings (SSSR count). The minimum absolute atomic E-state index is 0.119. The maximum atomic E-state index is 11.8. The van der Waals surface area contributed by atoms with Crippen LogP contribution in [0.4, 0.5) is 0 Å². The summed E-state index contributed by atoms with van der Waals surface area (Å²) >= 11 is 9.10. The number of halogens is 2. The summed E-state index contributed by atoms with van der Waals surface area (Å²) in [5.41, 5.74) is 0. The standard InChI is InChI=1S/C10H13BrClNO2S/c1-2-3-6-13-16(14,15)10-5-4-8(11)7-9(10)12/h4-5,7,13H,2-3,6H2,1H3. The molecule has 0 aliphatic carbocycles. The highest BCUT2D eigenvalue weighted by atomic mass is 79.9. The fourth-order valence-corrected chi connectivity index (χ4v) is 3.26. The van der Waals surface area contributed by atoms with Crippen molar-refractivity contribution in [1.29, 1.82) is 0 Å². The first-order valence-electron chi connectivity index (χ1n) is 4.92. The molecule has 0 saturated carbocycles.